The van der Waals surface area contributed by atoms with Gasteiger partial charge in [0.15, 0.2) is 5.82 Å². The van der Waals surface area contributed by atoms with E-state index in [0.29, 0.717) is 0 Å². The third-order valence-corrected chi connectivity index (χ3v) is 3.08. The molecule has 0 aromatic heterocycles. The van der Waals surface area contributed by atoms with Crippen LogP contribution < -0.4 is 5.14 Å². The average molecular weight is 281 g/mol. The Bertz CT molecular complexity index is 572. The molecular formula is C9H10ClFN2O3S. The Hall–Kier alpha value is -1.18. The van der Waals surface area contributed by atoms with Gasteiger partial charge in [-0.15, -0.1) is 0 Å². The minimum atomic E-state index is -4.27. The Morgan fingerprint density at radius 1 is 1.41 bits per heavy atom. The van der Waals surface area contributed by atoms with Crippen LogP contribution in [0.15, 0.2) is 17.0 Å². The Kier molecular flexibility index (Phi) is 3.75. The molecule has 5 nitrogen and oxygen atoms in total. The lowest BCUT2D eigenvalue weighted by Gasteiger charge is -2.12. The Balaban J connectivity index is 3.56. The first kappa shape index (κ1) is 13.9. The molecule has 0 saturated carbocycles. The zero-order chi connectivity index (χ0) is 13.4. The van der Waals surface area contributed by atoms with Gasteiger partial charge < -0.3 is 4.90 Å². The first-order valence-corrected chi connectivity index (χ1v) is 6.30. The van der Waals surface area contributed by atoms with Gasteiger partial charge in [0.05, 0.1) is 5.56 Å². The number of carbonyl (C=O) groups is 1. The summed E-state index contributed by atoms with van der Waals surface area (Å²) in [5.74, 6) is -1.90. The van der Waals surface area contributed by atoms with E-state index in [9.17, 15) is 17.6 Å². The van der Waals surface area contributed by atoms with E-state index in [-0.39, 0.29) is 5.02 Å². The fourth-order valence-corrected chi connectivity index (χ4v) is 2.10. The molecule has 94 valence electrons. The minimum Gasteiger partial charge on any atom is -0.345 e. The molecule has 0 radical (unpaired) electrons. The van der Waals surface area contributed by atoms with Crippen LogP contribution in [0.5, 0.6) is 0 Å². The summed E-state index contributed by atoms with van der Waals surface area (Å²) in [6.07, 6.45) is 0. The van der Waals surface area contributed by atoms with E-state index in [0.717, 1.165) is 17.0 Å². The molecule has 1 aromatic carbocycles. The zero-order valence-corrected chi connectivity index (χ0v) is 10.6. The largest absolute Gasteiger partial charge is 0.345 e. The predicted octanol–water partition coefficient (Wildman–Crippen LogP) is 0.828. The van der Waals surface area contributed by atoms with Crippen molar-refractivity contribution >= 4 is 27.5 Å². The highest BCUT2D eigenvalue weighted by Gasteiger charge is 2.23. The number of sulfonamides is 1. The summed E-state index contributed by atoms with van der Waals surface area (Å²) >= 11 is 5.62. The standard InChI is InChI=1S/C9H10ClFN2O3S/c1-13(2)9(14)6-3-5(10)4-7(8(6)11)17(12,15)16/h3-4H,1-2H3,(H2,12,15,16). The van der Waals surface area contributed by atoms with Crippen LogP contribution in [-0.2, 0) is 10.0 Å². The summed E-state index contributed by atoms with van der Waals surface area (Å²) in [5, 5.41) is 4.74. The summed E-state index contributed by atoms with van der Waals surface area (Å²) < 4.78 is 36.0. The second-order valence-corrected chi connectivity index (χ2v) is 5.48. The van der Waals surface area contributed by atoms with Crippen LogP contribution in [0.1, 0.15) is 10.4 Å². The average Bonchev–Trinajstić information content (AvgIpc) is 2.18. The predicted molar refractivity (Wildman–Crippen MR) is 60.8 cm³/mol. The number of halogens is 2. The number of benzene rings is 1. The highest BCUT2D eigenvalue weighted by Crippen LogP contribution is 2.23. The van der Waals surface area contributed by atoms with Crippen LogP contribution in [0.4, 0.5) is 4.39 Å². The van der Waals surface area contributed by atoms with Crippen molar-refractivity contribution in [3.63, 3.8) is 0 Å². The Labute approximate surface area is 103 Å². The van der Waals surface area contributed by atoms with Gasteiger partial charge >= 0.3 is 0 Å². The third-order valence-electron chi connectivity index (χ3n) is 1.95. The molecule has 0 atom stereocenters. The third kappa shape index (κ3) is 2.93. The van der Waals surface area contributed by atoms with Crippen LogP contribution in [0.3, 0.4) is 0 Å². The first-order valence-electron chi connectivity index (χ1n) is 4.38. The monoisotopic (exact) mass is 280 g/mol. The molecular weight excluding hydrogens is 271 g/mol. The molecule has 0 unspecified atom stereocenters. The molecule has 0 aliphatic heterocycles. The van der Waals surface area contributed by atoms with E-state index >= 15 is 0 Å². The molecule has 8 heteroatoms. The van der Waals surface area contributed by atoms with Crippen molar-refractivity contribution in [1.82, 2.24) is 4.90 Å². The van der Waals surface area contributed by atoms with Crippen LogP contribution in [-0.4, -0.2) is 33.3 Å². The number of nitrogens with zero attached hydrogens (tertiary/aromatic N) is 1. The van der Waals surface area contributed by atoms with Crippen molar-refractivity contribution in [2.75, 3.05) is 14.1 Å². The SMILES string of the molecule is CN(C)C(=O)c1cc(Cl)cc(S(N)(=O)=O)c1F. The summed E-state index contributed by atoms with van der Waals surface area (Å²) in [4.78, 5) is 11.9. The number of primary sulfonamides is 1. The van der Waals surface area contributed by atoms with Crippen LogP contribution in [0.25, 0.3) is 0 Å². The highest BCUT2D eigenvalue weighted by atomic mass is 35.5. The molecule has 0 aliphatic rings. The number of nitrogens with two attached hydrogens (primary N) is 1. The fraction of sp³-hybridized carbons (Fsp3) is 0.222. The summed E-state index contributed by atoms with van der Waals surface area (Å²) in [7, 11) is -1.46. The molecule has 0 bridgehead atoms. The lowest BCUT2D eigenvalue weighted by Crippen LogP contribution is -2.24. The van der Waals surface area contributed by atoms with Crippen molar-refractivity contribution in [3.8, 4) is 0 Å². The van der Waals surface area contributed by atoms with Gasteiger partial charge in [-0.1, -0.05) is 11.6 Å². The Morgan fingerprint density at radius 2 is 1.94 bits per heavy atom. The Morgan fingerprint density at radius 3 is 2.35 bits per heavy atom. The molecule has 0 fully saturated rings. The van der Waals surface area contributed by atoms with E-state index in [2.05, 4.69) is 0 Å². The smallest absolute Gasteiger partial charge is 0.256 e. The molecule has 1 rings (SSSR count). The fourth-order valence-electron chi connectivity index (χ4n) is 1.17. The van der Waals surface area contributed by atoms with Gasteiger partial charge in [0, 0.05) is 19.1 Å². The quantitative estimate of drug-likeness (QED) is 0.871. The number of amides is 1. The molecule has 2 N–H and O–H groups in total. The van der Waals surface area contributed by atoms with E-state index < -0.39 is 32.2 Å². The van der Waals surface area contributed by atoms with E-state index in [1.54, 1.807) is 0 Å². The maximum atomic E-state index is 13.8. The van der Waals surface area contributed by atoms with Crippen molar-refractivity contribution in [1.29, 1.82) is 0 Å². The summed E-state index contributed by atoms with van der Waals surface area (Å²) in [6, 6.07) is 1.91. The molecule has 0 saturated heterocycles. The van der Waals surface area contributed by atoms with Crippen LogP contribution in [0, 0.1) is 5.82 Å². The second kappa shape index (κ2) is 4.59. The van der Waals surface area contributed by atoms with Gasteiger partial charge in [0.25, 0.3) is 5.91 Å². The number of hydrogen-bond acceptors (Lipinski definition) is 3. The van der Waals surface area contributed by atoms with Crippen LogP contribution >= 0.6 is 11.6 Å². The second-order valence-electron chi connectivity index (χ2n) is 3.51. The normalized spacial score (nSPS) is 11.4. The number of hydrogen-bond donors (Lipinski definition) is 1. The molecule has 1 aromatic rings. The number of carbonyl (C=O) groups excluding carboxylic acids is 1. The first-order chi connectivity index (χ1) is 7.64. The van der Waals surface area contributed by atoms with Gasteiger partial charge in [0.2, 0.25) is 10.0 Å². The molecule has 0 spiro atoms. The van der Waals surface area contributed by atoms with Crippen molar-refractivity contribution in [2.24, 2.45) is 5.14 Å². The highest BCUT2D eigenvalue weighted by molar-refractivity contribution is 7.89. The number of rotatable bonds is 2. The topological polar surface area (TPSA) is 80.5 Å². The van der Waals surface area contributed by atoms with Crippen LogP contribution in [0.2, 0.25) is 5.02 Å². The van der Waals surface area contributed by atoms with Crippen molar-refractivity contribution in [3.05, 3.63) is 28.5 Å². The van der Waals surface area contributed by atoms with Gasteiger partial charge in [-0.2, -0.15) is 0 Å². The summed E-state index contributed by atoms with van der Waals surface area (Å²) in [5.41, 5.74) is -0.438. The van der Waals surface area contributed by atoms with Gasteiger partial charge in [-0.05, 0) is 12.1 Å². The van der Waals surface area contributed by atoms with Gasteiger partial charge in [-0.3, -0.25) is 4.79 Å². The van der Waals surface area contributed by atoms with Crippen molar-refractivity contribution in [2.45, 2.75) is 4.90 Å². The van der Waals surface area contributed by atoms with Gasteiger partial charge in [0.1, 0.15) is 4.90 Å². The lowest BCUT2D eigenvalue weighted by atomic mass is 10.2. The summed E-state index contributed by atoms with van der Waals surface area (Å²) in [6.45, 7) is 0. The maximum absolute atomic E-state index is 13.8. The van der Waals surface area contributed by atoms with Gasteiger partial charge in [-0.25, -0.2) is 17.9 Å². The molecule has 1 amide bonds. The molecule has 17 heavy (non-hydrogen) atoms. The maximum Gasteiger partial charge on any atom is 0.256 e. The van der Waals surface area contributed by atoms with E-state index in [1.807, 2.05) is 0 Å². The van der Waals surface area contributed by atoms with E-state index in [4.69, 9.17) is 16.7 Å². The molecule has 0 heterocycles. The van der Waals surface area contributed by atoms with E-state index in [1.165, 1.54) is 14.1 Å². The minimum absolute atomic E-state index is 0.0828. The molecule has 0 aliphatic carbocycles. The zero-order valence-electron chi connectivity index (χ0n) is 9.07. The lowest BCUT2D eigenvalue weighted by molar-refractivity contribution is 0.0822. The van der Waals surface area contributed by atoms with Crippen molar-refractivity contribution < 1.29 is 17.6 Å².